The fraction of sp³-hybridized carbons (Fsp3) is 0.174. The summed E-state index contributed by atoms with van der Waals surface area (Å²) in [5.41, 5.74) is 1.65. The lowest BCUT2D eigenvalue weighted by atomic mass is 10.2. The number of hydrogen-bond acceptors (Lipinski definition) is 7. The second-order valence-corrected chi connectivity index (χ2v) is 11.1. The number of fused-ring (bicyclic) bond motifs is 1. The van der Waals surface area contributed by atoms with Crippen molar-refractivity contribution in [1.82, 2.24) is 9.97 Å². The second kappa shape index (κ2) is 9.81. The van der Waals surface area contributed by atoms with Crippen LogP contribution in [-0.2, 0) is 21.2 Å². The van der Waals surface area contributed by atoms with Crippen molar-refractivity contribution in [3.05, 3.63) is 78.6 Å². The van der Waals surface area contributed by atoms with Crippen LogP contribution in [0.3, 0.4) is 0 Å². The van der Waals surface area contributed by atoms with E-state index in [1.807, 2.05) is 30.5 Å². The molecule has 4 aromatic rings. The predicted octanol–water partition coefficient (Wildman–Crippen LogP) is 4.81. The summed E-state index contributed by atoms with van der Waals surface area (Å²) < 4.78 is 26.3. The van der Waals surface area contributed by atoms with Gasteiger partial charge >= 0.3 is 0 Å². The Bertz CT molecular complexity index is 1320. The van der Waals surface area contributed by atoms with E-state index >= 15 is 0 Å². The van der Waals surface area contributed by atoms with Crippen molar-refractivity contribution >= 4 is 54.2 Å². The standard InChI is InChI=1S/C23H21N3O3S3/c1-30-18-9-10-20-21(14-18)31-23(25-20)26(16-17-6-5-12-24-15-17)22(27)11-13-32(28,29)19-7-3-2-4-8-19/h2-10,12,14-15H,11,13,16H2,1H3. The maximum atomic E-state index is 13.2. The molecule has 0 saturated carbocycles. The van der Waals surface area contributed by atoms with Crippen LogP contribution in [0.15, 0.2) is 82.8 Å². The summed E-state index contributed by atoms with van der Waals surface area (Å²) in [6.07, 6.45) is 5.24. The van der Waals surface area contributed by atoms with Gasteiger partial charge in [-0.1, -0.05) is 35.6 Å². The van der Waals surface area contributed by atoms with Gasteiger partial charge in [0.2, 0.25) is 5.91 Å². The maximum Gasteiger partial charge on any atom is 0.230 e. The number of thioether (sulfide) groups is 1. The van der Waals surface area contributed by atoms with Gasteiger partial charge in [-0.2, -0.15) is 0 Å². The molecule has 4 rings (SSSR count). The molecule has 0 saturated heterocycles. The van der Waals surface area contributed by atoms with Gasteiger partial charge in [-0.3, -0.25) is 14.7 Å². The lowest BCUT2D eigenvalue weighted by Gasteiger charge is -2.20. The molecule has 2 heterocycles. The molecule has 0 atom stereocenters. The van der Waals surface area contributed by atoms with Crippen LogP contribution in [0.5, 0.6) is 0 Å². The molecular formula is C23H21N3O3S3. The average Bonchev–Trinajstić information content (AvgIpc) is 3.25. The van der Waals surface area contributed by atoms with Gasteiger partial charge in [-0.25, -0.2) is 13.4 Å². The Morgan fingerprint density at radius 3 is 2.62 bits per heavy atom. The summed E-state index contributed by atoms with van der Waals surface area (Å²) in [5, 5.41) is 0.546. The molecule has 0 spiro atoms. The number of nitrogens with zero attached hydrogens (tertiary/aromatic N) is 3. The van der Waals surface area contributed by atoms with Crippen molar-refractivity contribution < 1.29 is 13.2 Å². The predicted molar refractivity (Wildman–Crippen MR) is 130 cm³/mol. The molecule has 0 aliphatic rings. The zero-order valence-corrected chi connectivity index (χ0v) is 19.8. The number of amides is 1. The zero-order chi connectivity index (χ0) is 22.6. The highest BCUT2D eigenvalue weighted by molar-refractivity contribution is 7.98. The SMILES string of the molecule is CSc1ccc2nc(N(Cc3cccnc3)C(=O)CCS(=O)(=O)c3ccccc3)sc2c1. The molecule has 0 unspecified atom stereocenters. The summed E-state index contributed by atoms with van der Waals surface area (Å²) in [5.74, 6) is -0.557. The Balaban J connectivity index is 1.61. The van der Waals surface area contributed by atoms with E-state index in [4.69, 9.17) is 0 Å². The van der Waals surface area contributed by atoms with E-state index in [1.54, 1.807) is 65.5 Å². The minimum absolute atomic E-state index is 0.135. The molecule has 9 heteroatoms. The fourth-order valence-electron chi connectivity index (χ4n) is 3.17. The van der Waals surface area contributed by atoms with E-state index in [0.29, 0.717) is 5.13 Å². The van der Waals surface area contributed by atoms with Crippen LogP contribution in [0.1, 0.15) is 12.0 Å². The van der Waals surface area contributed by atoms with Gasteiger partial charge in [0.25, 0.3) is 0 Å². The number of thiazole rings is 1. The Labute approximate surface area is 195 Å². The largest absolute Gasteiger partial charge is 0.284 e. The van der Waals surface area contributed by atoms with E-state index < -0.39 is 9.84 Å². The highest BCUT2D eigenvalue weighted by atomic mass is 32.2. The summed E-state index contributed by atoms with van der Waals surface area (Å²) >= 11 is 3.07. The first-order valence-electron chi connectivity index (χ1n) is 9.88. The van der Waals surface area contributed by atoms with Crippen LogP contribution in [0.25, 0.3) is 10.2 Å². The molecule has 6 nitrogen and oxygen atoms in total. The number of aromatic nitrogens is 2. The third-order valence-corrected chi connectivity index (χ3v) is 8.37. The summed E-state index contributed by atoms with van der Waals surface area (Å²) in [7, 11) is -3.56. The smallest absolute Gasteiger partial charge is 0.230 e. The van der Waals surface area contributed by atoms with E-state index in [0.717, 1.165) is 20.7 Å². The summed E-state index contributed by atoms with van der Waals surface area (Å²) in [4.78, 5) is 24.9. The van der Waals surface area contributed by atoms with Crippen molar-refractivity contribution in [2.75, 3.05) is 16.9 Å². The number of benzene rings is 2. The third kappa shape index (κ3) is 5.17. The number of rotatable bonds is 8. The first kappa shape index (κ1) is 22.4. The summed E-state index contributed by atoms with van der Waals surface area (Å²) in [6, 6.07) is 17.9. The second-order valence-electron chi connectivity index (χ2n) is 7.05. The molecule has 0 bridgehead atoms. The normalized spacial score (nSPS) is 11.5. The van der Waals surface area contributed by atoms with Gasteiger partial charge in [-0.05, 0) is 48.2 Å². The van der Waals surface area contributed by atoms with Crippen molar-refractivity contribution in [1.29, 1.82) is 0 Å². The summed E-state index contributed by atoms with van der Waals surface area (Å²) in [6.45, 7) is 0.271. The minimum Gasteiger partial charge on any atom is -0.284 e. The number of pyridine rings is 1. The topological polar surface area (TPSA) is 80.2 Å². The number of sulfone groups is 1. The van der Waals surface area contributed by atoms with Crippen molar-refractivity contribution in [3.63, 3.8) is 0 Å². The Kier molecular flexibility index (Phi) is 6.88. The van der Waals surface area contributed by atoms with E-state index in [-0.39, 0.29) is 29.5 Å². The first-order chi connectivity index (χ1) is 15.5. The Morgan fingerprint density at radius 2 is 1.91 bits per heavy atom. The van der Waals surface area contributed by atoms with Gasteiger partial charge in [0.15, 0.2) is 15.0 Å². The molecule has 2 aromatic carbocycles. The molecule has 0 aliphatic heterocycles. The van der Waals surface area contributed by atoms with Crippen LogP contribution in [-0.4, -0.2) is 36.3 Å². The number of carbonyl (C=O) groups excluding carboxylic acids is 1. The van der Waals surface area contributed by atoms with Gasteiger partial charge in [0.1, 0.15) is 0 Å². The van der Waals surface area contributed by atoms with Gasteiger partial charge in [0.05, 0.1) is 27.4 Å². The Morgan fingerprint density at radius 1 is 1.09 bits per heavy atom. The van der Waals surface area contributed by atoms with Crippen LogP contribution < -0.4 is 4.90 Å². The molecule has 0 fully saturated rings. The van der Waals surface area contributed by atoms with Crippen LogP contribution in [0.4, 0.5) is 5.13 Å². The monoisotopic (exact) mass is 483 g/mol. The van der Waals surface area contributed by atoms with Gasteiger partial charge in [-0.15, -0.1) is 11.8 Å². The average molecular weight is 484 g/mol. The zero-order valence-electron chi connectivity index (χ0n) is 17.3. The number of hydrogen-bond donors (Lipinski definition) is 0. The van der Waals surface area contributed by atoms with E-state index in [2.05, 4.69) is 9.97 Å². The van der Waals surface area contributed by atoms with Crippen LogP contribution in [0.2, 0.25) is 0 Å². The van der Waals surface area contributed by atoms with E-state index in [9.17, 15) is 13.2 Å². The first-order valence-corrected chi connectivity index (χ1v) is 13.6. The van der Waals surface area contributed by atoms with Crippen LogP contribution in [0, 0.1) is 0 Å². The maximum absolute atomic E-state index is 13.2. The molecule has 2 aromatic heterocycles. The van der Waals surface area contributed by atoms with Crippen molar-refractivity contribution in [3.8, 4) is 0 Å². The number of carbonyl (C=O) groups is 1. The third-order valence-electron chi connectivity index (χ3n) is 4.87. The quantitative estimate of drug-likeness (QED) is 0.335. The molecule has 0 N–H and O–H groups in total. The van der Waals surface area contributed by atoms with Gasteiger partial charge < -0.3 is 0 Å². The molecule has 1 amide bonds. The van der Waals surface area contributed by atoms with Crippen molar-refractivity contribution in [2.45, 2.75) is 22.8 Å². The highest BCUT2D eigenvalue weighted by Gasteiger charge is 2.23. The van der Waals surface area contributed by atoms with E-state index in [1.165, 1.54) is 11.3 Å². The molecule has 0 radical (unpaired) electrons. The molecule has 164 valence electrons. The lowest BCUT2D eigenvalue weighted by molar-refractivity contribution is -0.118. The minimum atomic E-state index is -3.56. The van der Waals surface area contributed by atoms with Crippen LogP contribution >= 0.6 is 23.1 Å². The van der Waals surface area contributed by atoms with Crippen molar-refractivity contribution in [2.24, 2.45) is 0 Å². The fourth-order valence-corrected chi connectivity index (χ4v) is 5.96. The Hall–Kier alpha value is -2.75. The van der Waals surface area contributed by atoms with Gasteiger partial charge in [0, 0.05) is 23.7 Å². The highest BCUT2D eigenvalue weighted by Crippen LogP contribution is 2.32. The molecule has 0 aliphatic carbocycles. The molecule has 32 heavy (non-hydrogen) atoms. The molecular weight excluding hydrogens is 462 g/mol. The lowest BCUT2D eigenvalue weighted by Crippen LogP contribution is -2.31. The number of anilines is 1.